The van der Waals surface area contributed by atoms with Crippen LogP contribution in [0.1, 0.15) is 22.5 Å². The number of aryl methyl sites for hydroxylation is 1. The molecule has 0 radical (unpaired) electrons. The van der Waals surface area contributed by atoms with Crippen LogP contribution in [0.2, 0.25) is 0 Å². The molecule has 21 heavy (non-hydrogen) atoms. The van der Waals surface area contributed by atoms with Crippen LogP contribution in [0.3, 0.4) is 0 Å². The Morgan fingerprint density at radius 1 is 1.24 bits per heavy atom. The fourth-order valence-electron chi connectivity index (χ4n) is 1.88. The van der Waals surface area contributed by atoms with Crippen molar-refractivity contribution >= 4 is 28.8 Å². The van der Waals surface area contributed by atoms with Gasteiger partial charge in [-0.3, -0.25) is 9.59 Å². The van der Waals surface area contributed by atoms with Gasteiger partial charge in [0.2, 0.25) is 0 Å². The van der Waals surface area contributed by atoms with E-state index in [2.05, 4.69) is 5.32 Å². The Kier molecular flexibility index (Phi) is 3.93. The zero-order valence-electron chi connectivity index (χ0n) is 11.1. The molecule has 0 saturated carbocycles. The van der Waals surface area contributed by atoms with E-state index < -0.39 is 30.3 Å². The summed E-state index contributed by atoms with van der Waals surface area (Å²) < 4.78 is 5.32. The second kappa shape index (κ2) is 5.66. The fraction of sp³-hybridized carbons (Fsp3) is 0.214. The molecule has 0 unspecified atom stereocenters. The van der Waals surface area contributed by atoms with Gasteiger partial charge in [-0.2, -0.15) is 0 Å². The van der Waals surface area contributed by atoms with E-state index in [0.717, 1.165) is 5.56 Å². The summed E-state index contributed by atoms with van der Waals surface area (Å²) in [5, 5.41) is 20.3. The Labute approximate surface area is 119 Å². The van der Waals surface area contributed by atoms with Gasteiger partial charge in [0, 0.05) is 5.39 Å². The first-order valence-corrected chi connectivity index (χ1v) is 6.12. The molecule has 1 heterocycles. The topological polar surface area (TPSA) is 117 Å². The van der Waals surface area contributed by atoms with Crippen LogP contribution < -0.4 is 5.32 Å². The van der Waals surface area contributed by atoms with Crippen molar-refractivity contribution in [1.29, 1.82) is 0 Å². The molecule has 2 rings (SSSR count). The number of nitrogens with one attached hydrogen (secondary N) is 1. The summed E-state index contributed by atoms with van der Waals surface area (Å²) in [6, 6.07) is 5.31. The summed E-state index contributed by atoms with van der Waals surface area (Å²) >= 11 is 0. The molecule has 0 aliphatic carbocycles. The van der Waals surface area contributed by atoms with E-state index in [-0.39, 0.29) is 5.76 Å². The van der Waals surface area contributed by atoms with E-state index in [1.807, 2.05) is 19.1 Å². The van der Waals surface area contributed by atoms with Gasteiger partial charge in [-0.05, 0) is 25.1 Å². The highest BCUT2D eigenvalue weighted by atomic mass is 16.4. The molecule has 0 spiro atoms. The highest BCUT2D eigenvalue weighted by Gasteiger charge is 2.25. The molecule has 0 fully saturated rings. The predicted molar refractivity (Wildman–Crippen MR) is 72.1 cm³/mol. The zero-order chi connectivity index (χ0) is 15.6. The molecule has 2 aromatic rings. The number of furan rings is 1. The van der Waals surface area contributed by atoms with Gasteiger partial charge in [0.25, 0.3) is 5.91 Å². The number of hydrogen-bond acceptors (Lipinski definition) is 4. The molecule has 0 aliphatic heterocycles. The van der Waals surface area contributed by atoms with Crippen LogP contribution in [-0.4, -0.2) is 34.1 Å². The number of fused-ring (bicyclic) bond motifs is 1. The maximum absolute atomic E-state index is 11.9. The summed E-state index contributed by atoms with van der Waals surface area (Å²) in [5.74, 6) is -3.56. The van der Waals surface area contributed by atoms with Crippen molar-refractivity contribution in [1.82, 2.24) is 5.32 Å². The average molecular weight is 291 g/mol. The molecule has 7 heteroatoms. The van der Waals surface area contributed by atoms with Crippen LogP contribution in [0, 0.1) is 6.92 Å². The van der Waals surface area contributed by atoms with Crippen LogP contribution in [0.25, 0.3) is 11.0 Å². The molecule has 1 atom stereocenters. The number of rotatable bonds is 5. The maximum Gasteiger partial charge on any atom is 0.326 e. The standard InChI is InChI=1S/C14H13NO6/c1-7-2-3-10-8(4-7)5-11(21-10)13(18)15-9(14(19)20)6-12(16)17/h2-5,9H,6H2,1H3,(H,15,18)(H,16,17)(H,19,20)/t9-/m1/s1. The highest BCUT2D eigenvalue weighted by Crippen LogP contribution is 2.20. The molecule has 3 N–H and O–H groups in total. The first-order valence-electron chi connectivity index (χ1n) is 6.12. The molecule has 0 aliphatic rings. The smallest absolute Gasteiger partial charge is 0.326 e. The number of carbonyl (C=O) groups is 3. The number of hydrogen-bond donors (Lipinski definition) is 3. The van der Waals surface area contributed by atoms with Crippen molar-refractivity contribution < 1.29 is 29.0 Å². The van der Waals surface area contributed by atoms with Gasteiger partial charge in [-0.15, -0.1) is 0 Å². The van der Waals surface area contributed by atoms with E-state index in [4.69, 9.17) is 14.6 Å². The van der Waals surface area contributed by atoms with Crippen molar-refractivity contribution in [3.63, 3.8) is 0 Å². The minimum atomic E-state index is -1.51. The second-order valence-corrected chi connectivity index (χ2v) is 4.61. The van der Waals surface area contributed by atoms with E-state index in [1.54, 1.807) is 6.07 Å². The number of benzene rings is 1. The quantitative estimate of drug-likeness (QED) is 0.766. The van der Waals surface area contributed by atoms with E-state index >= 15 is 0 Å². The SMILES string of the molecule is Cc1ccc2oc(C(=O)N[C@H](CC(=O)O)C(=O)O)cc2c1. The van der Waals surface area contributed by atoms with Crippen molar-refractivity contribution in [2.45, 2.75) is 19.4 Å². The monoisotopic (exact) mass is 291 g/mol. The minimum absolute atomic E-state index is 0.0627. The van der Waals surface area contributed by atoms with Gasteiger partial charge in [-0.25, -0.2) is 4.79 Å². The molecule has 0 saturated heterocycles. The average Bonchev–Trinajstić information content (AvgIpc) is 2.80. The Bertz CT molecular complexity index is 717. The molecule has 1 aromatic carbocycles. The van der Waals surface area contributed by atoms with Crippen LogP contribution in [0.4, 0.5) is 0 Å². The van der Waals surface area contributed by atoms with E-state index in [9.17, 15) is 14.4 Å². The van der Waals surface area contributed by atoms with Gasteiger partial charge < -0.3 is 19.9 Å². The molecule has 0 bridgehead atoms. The number of amides is 1. The van der Waals surface area contributed by atoms with Crippen molar-refractivity contribution in [3.05, 3.63) is 35.6 Å². The first-order chi connectivity index (χ1) is 9.86. The summed E-state index contributed by atoms with van der Waals surface area (Å²) in [7, 11) is 0. The molecule has 1 aromatic heterocycles. The van der Waals surface area contributed by atoms with Crippen LogP contribution in [0.5, 0.6) is 0 Å². The molecular weight excluding hydrogens is 278 g/mol. The Morgan fingerprint density at radius 2 is 1.95 bits per heavy atom. The number of carboxylic acid groups (broad SMARTS) is 2. The van der Waals surface area contributed by atoms with Gasteiger partial charge in [-0.1, -0.05) is 11.6 Å². The highest BCUT2D eigenvalue weighted by molar-refractivity contribution is 5.98. The summed E-state index contributed by atoms with van der Waals surface area (Å²) in [6.07, 6.45) is -0.708. The Morgan fingerprint density at radius 3 is 2.57 bits per heavy atom. The summed E-state index contributed by atoms with van der Waals surface area (Å²) in [5.41, 5.74) is 1.49. The second-order valence-electron chi connectivity index (χ2n) is 4.61. The van der Waals surface area contributed by atoms with Crippen LogP contribution in [-0.2, 0) is 9.59 Å². The molecular formula is C14H13NO6. The lowest BCUT2D eigenvalue weighted by Crippen LogP contribution is -2.42. The first kappa shape index (κ1) is 14.6. The molecule has 7 nitrogen and oxygen atoms in total. The normalized spacial score (nSPS) is 12.0. The minimum Gasteiger partial charge on any atom is -0.481 e. The fourth-order valence-corrected chi connectivity index (χ4v) is 1.88. The number of carboxylic acids is 2. The Balaban J connectivity index is 2.20. The summed E-state index contributed by atoms with van der Waals surface area (Å²) in [4.78, 5) is 33.4. The van der Waals surface area contributed by atoms with E-state index in [1.165, 1.54) is 6.07 Å². The largest absolute Gasteiger partial charge is 0.481 e. The van der Waals surface area contributed by atoms with E-state index in [0.29, 0.717) is 11.0 Å². The maximum atomic E-state index is 11.9. The number of carbonyl (C=O) groups excluding carboxylic acids is 1. The number of aliphatic carboxylic acids is 2. The van der Waals surface area contributed by atoms with Crippen molar-refractivity contribution in [2.24, 2.45) is 0 Å². The van der Waals surface area contributed by atoms with Crippen LogP contribution in [0.15, 0.2) is 28.7 Å². The Hall–Kier alpha value is -2.83. The van der Waals surface area contributed by atoms with Gasteiger partial charge >= 0.3 is 11.9 Å². The third-order valence-corrected chi connectivity index (χ3v) is 2.88. The van der Waals surface area contributed by atoms with Crippen molar-refractivity contribution in [2.75, 3.05) is 0 Å². The lowest BCUT2D eigenvalue weighted by Gasteiger charge is -2.10. The zero-order valence-corrected chi connectivity index (χ0v) is 11.1. The lowest BCUT2D eigenvalue weighted by atomic mass is 10.2. The molecule has 1 amide bonds. The lowest BCUT2D eigenvalue weighted by molar-refractivity contribution is -0.145. The summed E-state index contributed by atoms with van der Waals surface area (Å²) in [6.45, 7) is 1.89. The molecule has 110 valence electrons. The van der Waals surface area contributed by atoms with Crippen molar-refractivity contribution in [3.8, 4) is 0 Å². The third kappa shape index (κ3) is 3.38. The third-order valence-electron chi connectivity index (χ3n) is 2.88. The van der Waals surface area contributed by atoms with Gasteiger partial charge in [0.05, 0.1) is 6.42 Å². The van der Waals surface area contributed by atoms with Gasteiger partial charge in [0.1, 0.15) is 11.6 Å². The van der Waals surface area contributed by atoms with Gasteiger partial charge in [0.15, 0.2) is 5.76 Å². The van der Waals surface area contributed by atoms with Crippen LogP contribution >= 0.6 is 0 Å². The predicted octanol–water partition coefficient (Wildman–Crippen LogP) is 1.40.